The number of nitrogens with one attached hydrogen (secondary N) is 1. The largest absolute Gasteiger partial charge is 0.481 e. The van der Waals surface area contributed by atoms with E-state index in [2.05, 4.69) is 5.32 Å². The fourth-order valence-corrected chi connectivity index (χ4v) is 1.88. The average Bonchev–Trinajstić information content (AvgIpc) is 2.35. The number of hydrogen-bond donors (Lipinski definition) is 2. The highest BCUT2D eigenvalue weighted by Crippen LogP contribution is 2.11. The van der Waals surface area contributed by atoms with Crippen LogP contribution in [0.25, 0.3) is 0 Å². The van der Waals surface area contributed by atoms with E-state index in [1.807, 2.05) is 0 Å². The summed E-state index contributed by atoms with van der Waals surface area (Å²) in [5.74, 6) is -1.80. The summed E-state index contributed by atoms with van der Waals surface area (Å²) >= 11 is 0. The van der Waals surface area contributed by atoms with Gasteiger partial charge in [-0.2, -0.15) is 0 Å². The van der Waals surface area contributed by atoms with Crippen molar-refractivity contribution in [3.63, 3.8) is 0 Å². The van der Waals surface area contributed by atoms with Gasteiger partial charge in [0.2, 0.25) is 11.8 Å². The van der Waals surface area contributed by atoms with Crippen molar-refractivity contribution in [1.82, 2.24) is 10.2 Å². The maximum absolute atomic E-state index is 11.7. The van der Waals surface area contributed by atoms with E-state index in [1.165, 1.54) is 7.05 Å². The van der Waals surface area contributed by atoms with E-state index in [0.29, 0.717) is 19.3 Å². The van der Waals surface area contributed by atoms with Crippen molar-refractivity contribution in [2.45, 2.75) is 44.6 Å². The van der Waals surface area contributed by atoms with E-state index in [1.54, 1.807) is 0 Å². The fraction of sp³-hybridized carbons (Fsp3) is 0.667. The molecule has 7 nitrogen and oxygen atoms in total. The summed E-state index contributed by atoms with van der Waals surface area (Å²) in [5, 5.41) is 11.0. The maximum Gasteiger partial charge on any atom is 0.303 e. The number of unbranched alkanes of at least 4 members (excludes halogenated alkanes) is 1. The predicted octanol–water partition coefficient (Wildman–Crippen LogP) is -0.105. The molecule has 0 radical (unpaired) electrons. The van der Waals surface area contributed by atoms with Gasteiger partial charge >= 0.3 is 5.97 Å². The lowest BCUT2D eigenvalue weighted by Gasteiger charge is -2.28. The van der Waals surface area contributed by atoms with Gasteiger partial charge in [-0.05, 0) is 19.3 Å². The molecule has 0 aromatic rings. The molecule has 1 aliphatic heterocycles. The highest BCUT2D eigenvalue weighted by molar-refractivity contribution is 6.01. The molecule has 0 aromatic heterocycles. The molecule has 106 valence electrons. The summed E-state index contributed by atoms with van der Waals surface area (Å²) in [5.41, 5.74) is 0. The van der Waals surface area contributed by atoms with Crippen molar-refractivity contribution in [2.24, 2.45) is 0 Å². The van der Waals surface area contributed by atoms with E-state index in [9.17, 15) is 19.2 Å². The molecular formula is C12H18N2O5. The molecule has 1 fully saturated rings. The standard InChI is InChI=1S/C12H18N2O5/c1-14-10(16)7-6-8(12(14)19)13-9(15)4-2-3-5-11(17)18/h8H,2-7H2,1H3,(H,13,15)(H,17,18). The first-order valence-electron chi connectivity index (χ1n) is 6.23. The van der Waals surface area contributed by atoms with Crippen LogP contribution in [0.5, 0.6) is 0 Å². The van der Waals surface area contributed by atoms with Crippen LogP contribution in [0.4, 0.5) is 0 Å². The molecule has 0 aromatic carbocycles. The third-order valence-electron chi connectivity index (χ3n) is 3.03. The third-order valence-corrected chi connectivity index (χ3v) is 3.03. The predicted molar refractivity (Wildman–Crippen MR) is 65.0 cm³/mol. The highest BCUT2D eigenvalue weighted by Gasteiger charge is 2.32. The first-order chi connectivity index (χ1) is 8.91. The van der Waals surface area contributed by atoms with Gasteiger partial charge in [0.05, 0.1) is 0 Å². The Morgan fingerprint density at radius 3 is 2.58 bits per heavy atom. The quantitative estimate of drug-likeness (QED) is 0.518. The van der Waals surface area contributed by atoms with Crippen LogP contribution in [-0.4, -0.2) is 46.8 Å². The minimum atomic E-state index is -0.886. The Balaban J connectivity index is 2.30. The van der Waals surface area contributed by atoms with E-state index in [-0.39, 0.29) is 31.1 Å². The zero-order chi connectivity index (χ0) is 14.4. The van der Waals surface area contributed by atoms with Crippen LogP contribution in [-0.2, 0) is 19.2 Å². The van der Waals surface area contributed by atoms with Crippen LogP contribution in [0.2, 0.25) is 0 Å². The molecule has 19 heavy (non-hydrogen) atoms. The Hall–Kier alpha value is -1.92. The minimum absolute atomic E-state index is 0.0346. The number of carboxylic acids is 1. The number of likely N-dealkylation sites (N-methyl/N-ethyl adjacent to an activating group) is 1. The zero-order valence-corrected chi connectivity index (χ0v) is 10.8. The van der Waals surface area contributed by atoms with Crippen LogP contribution in [0.15, 0.2) is 0 Å². The number of nitrogens with zero attached hydrogens (tertiary/aromatic N) is 1. The number of piperidine rings is 1. The average molecular weight is 270 g/mol. The normalized spacial score (nSPS) is 19.4. The molecule has 0 saturated carbocycles. The van der Waals surface area contributed by atoms with Crippen LogP contribution < -0.4 is 5.32 Å². The summed E-state index contributed by atoms with van der Waals surface area (Å²) in [7, 11) is 1.40. The van der Waals surface area contributed by atoms with E-state index < -0.39 is 17.9 Å². The number of rotatable bonds is 6. The van der Waals surface area contributed by atoms with Gasteiger partial charge in [0.15, 0.2) is 0 Å². The van der Waals surface area contributed by atoms with Crippen LogP contribution in [0.3, 0.4) is 0 Å². The Kier molecular flexibility index (Phi) is 5.47. The second-order valence-electron chi connectivity index (χ2n) is 4.55. The number of carboxylic acid groups (broad SMARTS) is 1. The maximum atomic E-state index is 11.7. The van der Waals surface area contributed by atoms with Gasteiger partial charge in [0, 0.05) is 26.3 Å². The number of aliphatic carboxylic acids is 1. The van der Waals surface area contributed by atoms with Crippen molar-refractivity contribution < 1.29 is 24.3 Å². The number of hydrogen-bond acceptors (Lipinski definition) is 4. The van der Waals surface area contributed by atoms with E-state index in [4.69, 9.17) is 5.11 Å². The van der Waals surface area contributed by atoms with Gasteiger partial charge in [0.25, 0.3) is 5.91 Å². The number of carbonyl (C=O) groups excluding carboxylic acids is 3. The van der Waals surface area contributed by atoms with Gasteiger partial charge < -0.3 is 10.4 Å². The van der Waals surface area contributed by atoms with Gasteiger partial charge in [-0.3, -0.25) is 24.1 Å². The van der Waals surface area contributed by atoms with Gasteiger partial charge in [-0.15, -0.1) is 0 Å². The van der Waals surface area contributed by atoms with Crippen molar-refractivity contribution in [3.8, 4) is 0 Å². The Labute approximate surface area is 110 Å². The molecule has 0 aliphatic carbocycles. The number of likely N-dealkylation sites (tertiary alicyclic amines) is 1. The van der Waals surface area contributed by atoms with Crippen LogP contribution in [0, 0.1) is 0 Å². The molecule has 1 saturated heterocycles. The smallest absolute Gasteiger partial charge is 0.303 e. The summed E-state index contributed by atoms with van der Waals surface area (Å²) in [6, 6.07) is -0.644. The molecule has 1 rings (SSSR count). The van der Waals surface area contributed by atoms with Crippen molar-refractivity contribution in [2.75, 3.05) is 7.05 Å². The SMILES string of the molecule is CN1C(=O)CCC(NC(=O)CCCCC(=O)O)C1=O. The van der Waals surface area contributed by atoms with Crippen molar-refractivity contribution in [3.05, 3.63) is 0 Å². The van der Waals surface area contributed by atoms with Gasteiger partial charge in [-0.25, -0.2) is 0 Å². The second-order valence-corrected chi connectivity index (χ2v) is 4.55. The van der Waals surface area contributed by atoms with Crippen molar-refractivity contribution >= 4 is 23.7 Å². The molecule has 2 N–H and O–H groups in total. The molecule has 1 atom stereocenters. The number of amides is 3. The Bertz CT molecular complexity index is 394. The molecule has 1 unspecified atom stereocenters. The van der Waals surface area contributed by atoms with Crippen molar-refractivity contribution in [1.29, 1.82) is 0 Å². The zero-order valence-electron chi connectivity index (χ0n) is 10.8. The Morgan fingerprint density at radius 2 is 1.95 bits per heavy atom. The third kappa shape index (κ3) is 4.69. The van der Waals surface area contributed by atoms with Gasteiger partial charge in [0.1, 0.15) is 6.04 Å². The molecule has 1 heterocycles. The summed E-state index contributed by atoms with van der Waals surface area (Å²) in [4.78, 5) is 45.8. The summed E-state index contributed by atoms with van der Waals surface area (Å²) in [6.45, 7) is 0. The molecule has 0 bridgehead atoms. The van der Waals surface area contributed by atoms with Gasteiger partial charge in [-0.1, -0.05) is 0 Å². The summed E-state index contributed by atoms with van der Waals surface area (Å²) in [6.07, 6.45) is 1.68. The van der Waals surface area contributed by atoms with E-state index in [0.717, 1.165) is 4.90 Å². The van der Waals surface area contributed by atoms with Crippen LogP contribution >= 0.6 is 0 Å². The fourth-order valence-electron chi connectivity index (χ4n) is 1.88. The monoisotopic (exact) mass is 270 g/mol. The first-order valence-corrected chi connectivity index (χ1v) is 6.23. The lowest BCUT2D eigenvalue weighted by atomic mass is 10.0. The topological polar surface area (TPSA) is 104 Å². The van der Waals surface area contributed by atoms with Crippen LogP contribution in [0.1, 0.15) is 38.5 Å². The number of imide groups is 1. The highest BCUT2D eigenvalue weighted by atomic mass is 16.4. The lowest BCUT2D eigenvalue weighted by Crippen LogP contribution is -2.52. The lowest BCUT2D eigenvalue weighted by molar-refractivity contribution is -0.149. The molecule has 0 spiro atoms. The number of carbonyl (C=O) groups is 4. The molecular weight excluding hydrogens is 252 g/mol. The minimum Gasteiger partial charge on any atom is -0.481 e. The first kappa shape index (κ1) is 15.1. The molecule has 7 heteroatoms. The van der Waals surface area contributed by atoms with E-state index >= 15 is 0 Å². The summed E-state index contributed by atoms with van der Waals surface area (Å²) < 4.78 is 0. The Morgan fingerprint density at radius 1 is 1.32 bits per heavy atom. The second kappa shape index (κ2) is 6.86. The molecule has 1 aliphatic rings. The molecule has 3 amide bonds.